The predicted molar refractivity (Wildman–Crippen MR) is 149 cm³/mol. The Bertz CT molecular complexity index is 1660. The van der Waals surface area contributed by atoms with Crippen LogP contribution in [0.1, 0.15) is 37.9 Å². The molecule has 0 saturated carbocycles. The minimum Gasteiger partial charge on any atom is -0.504 e. The Morgan fingerprint density at radius 2 is 1.63 bits per heavy atom. The van der Waals surface area contributed by atoms with Gasteiger partial charge in [0.15, 0.2) is 10.6 Å². The van der Waals surface area contributed by atoms with Crippen molar-refractivity contribution < 1.29 is 13.5 Å². The van der Waals surface area contributed by atoms with Gasteiger partial charge in [0.1, 0.15) is 5.69 Å². The van der Waals surface area contributed by atoms with Crippen molar-refractivity contribution in [3.8, 4) is 11.4 Å². The SMILES string of the molecule is CCCCc1[nH]c(=O)c(S(=O)(=O)c2ccc(-n3cc(C)ccc3=O)cc2)c(O)c1N(CC)c1ccccc1. The van der Waals surface area contributed by atoms with Gasteiger partial charge in [-0.05, 0) is 68.7 Å². The Labute approximate surface area is 221 Å². The fourth-order valence-corrected chi connectivity index (χ4v) is 5.84. The predicted octanol–water partition coefficient (Wildman–Crippen LogP) is 4.87. The highest BCUT2D eigenvalue weighted by Gasteiger charge is 2.31. The van der Waals surface area contributed by atoms with Gasteiger partial charge in [0, 0.05) is 35.9 Å². The summed E-state index contributed by atoms with van der Waals surface area (Å²) in [5, 5.41) is 11.4. The van der Waals surface area contributed by atoms with Gasteiger partial charge in [-0.1, -0.05) is 37.6 Å². The second kappa shape index (κ2) is 11.1. The first-order valence-electron chi connectivity index (χ1n) is 12.5. The van der Waals surface area contributed by atoms with Crippen LogP contribution >= 0.6 is 0 Å². The topological polar surface area (TPSA) is 112 Å². The number of rotatable bonds is 9. The molecule has 0 fully saturated rings. The van der Waals surface area contributed by atoms with Crippen LogP contribution in [0.25, 0.3) is 5.69 Å². The van der Waals surface area contributed by atoms with Gasteiger partial charge in [-0.25, -0.2) is 8.42 Å². The molecule has 8 nitrogen and oxygen atoms in total. The summed E-state index contributed by atoms with van der Waals surface area (Å²) in [6.07, 6.45) is 3.74. The number of unbranched alkanes of at least 4 members (excludes halogenated alkanes) is 1. The highest BCUT2D eigenvalue weighted by atomic mass is 32.2. The number of hydrogen-bond donors (Lipinski definition) is 2. The maximum absolute atomic E-state index is 13.7. The number of H-pyrrole nitrogens is 1. The fraction of sp³-hybridized carbons (Fsp3) is 0.241. The third-order valence-corrected chi connectivity index (χ3v) is 8.19. The number of nitrogens with zero attached hydrogens (tertiary/aromatic N) is 2. The van der Waals surface area contributed by atoms with Crippen LogP contribution < -0.4 is 16.0 Å². The van der Waals surface area contributed by atoms with Gasteiger partial charge in [0.2, 0.25) is 9.84 Å². The third kappa shape index (κ3) is 5.15. The molecule has 2 N–H and O–H groups in total. The largest absolute Gasteiger partial charge is 0.504 e. The number of nitrogens with one attached hydrogen (secondary N) is 1. The van der Waals surface area contributed by atoms with Crippen molar-refractivity contribution >= 4 is 21.2 Å². The van der Waals surface area contributed by atoms with Crippen molar-refractivity contribution in [3.63, 3.8) is 0 Å². The first-order chi connectivity index (χ1) is 18.2. The Kier molecular flexibility index (Phi) is 7.87. The zero-order chi connectivity index (χ0) is 27.4. The number of aromatic hydroxyl groups is 1. The molecule has 0 bridgehead atoms. The number of sulfone groups is 1. The maximum atomic E-state index is 13.7. The summed E-state index contributed by atoms with van der Waals surface area (Å²) in [6.45, 7) is 6.18. The van der Waals surface area contributed by atoms with Crippen molar-refractivity contribution in [3.05, 3.63) is 105 Å². The van der Waals surface area contributed by atoms with Crippen LogP contribution in [0.2, 0.25) is 0 Å². The number of aromatic amines is 1. The average Bonchev–Trinajstić information content (AvgIpc) is 2.91. The van der Waals surface area contributed by atoms with Crippen molar-refractivity contribution in [2.24, 2.45) is 0 Å². The molecule has 2 aromatic heterocycles. The Balaban J connectivity index is 1.87. The minimum atomic E-state index is -4.41. The zero-order valence-electron chi connectivity index (χ0n) is 21.6. The van der Waals surface area contributed by atoms with Crippen LogP contribution in [0.15, 0.2) is 92.3 Å². The molecule has 198 valence electrons. The van der Waals surface area contributed by atoms with Gasteiger partial charge >= 0.3 is 0 Å². The number of anilines is 2. The summed E-state index contributed by atoms with van der Waals surface area (Å²) >= 11 is 0. The highest BCUT2D eigenvalue weighted by molar-refractivity contribution is 7.91. The number of aryl methyl sites for hydroxylation is 2. The van der Waals surface area contributed by atoms with E-state index in [4.69, 9.17) is 0 Å². The van der Waals surface area contributed by atoms with Crippen LogP contribution in [0.5, 0.6) is 5.75 Å². The molecule has 0 amide bonds. The molecule has 9 heteroatoms. The zero-order valence-corrected chi connectivity index (χ0v) is 22.5. The molecule has 4 aromatic rings. The fourth-order valence-electron chi connectivity index (χ4n) is 4.46. The number of hydrogen-bond acceptors (Lipinski definition) is 6. The molecule has 0 atom stereocenters. The minimum absolute atomic E-state index is 0.169. The number of aromatic nitrogens is 2. The van der Waals surface area contributed by atoms with E-state index in [0.29, 0.717) is 24.3 Å². The lowest BCUT2D eigenvalue weighted by molar-refractivity contribution is 0.454. The number of benzene rings is 2. The summed E-state index contributed by atoms with van der Waals surface area (Å²) in [6, 6.07) is 18.1. The normalized spacial score (nSPS) is 11.4. The molecule has 0 saturated heterocycles. The lowest BCUT2D eigenvalue weighted by atomic mass is 10.1. The van der Waals surface area contributed by atoms with Gasteiger partial charge in [-0.3, -0.25) is 14.2 Å². The molecule has 0 unspecified atom stereocenters. The quantitative estimate of drug-likeness (QED) is 0.317. The summed E-state index contributed by atoms with van der Waals surface area (Å²) in [5.74, 6) is -0.579. The molecule has 0 aliphatic heterocycles. The molecule has 4 rings (SSSR count). The van der Waals surface area contributed by atoms with E-state index in [1.165, 1.54) is 34.9 Å². The van der Waals surface area contributed by atoms with Crippen LogP contribution in [0, 0.1) is 6.92 Å². The van der Waals surface area contributed by atoms with E-state index in [0.717, 1.165) is 24.1 Å². The van der Waals surface area contributed by atoms with Gasteiger partial charge in [0.05, 0.1) is 4.90 Å². The molecular formula is C29H31N3O5S. The van der Waals surface area contributed by atoms with E-state index < -0.39 is 26.0 Å². The van der Waals surface area contributed by atoms with Crippen LogP contribution in [0.4, 0.5) is 11.4 Å². The Hall–Kier alpha value is -4.11. The smallest absolute Gasteiger partial charge is 0.271 e. The molecule has 2 aromatic carbocycles. The second-order valence-electron chi connectivity index (χ2n) is 9.05. The van der Waals surface area contributed by atoms with E-state index in [2.05, 4.69) is 4.98 Å². The third-order valence-electron chi connectivity index (χ3n) is 6.38. The highest BCUT2D eigenvalue weighted by Crippen LogP contribution is 2.40. The maximum Gasteiger partial charge on any atom is 0.271 e. The Morgan fingerprint density at radius 3 is 2.26 bits per heavy atom. The molecule has 38 heavy (non-hydrogen) atoms. The summed E-state index contributed by atoms with van der Waals surface area (Å²) in [5.41, 5.74) is 1.72. The summed E-state index contributed by atoms with van der Waals surface area (Å²) < 4.78 is 28.8. The standard InChI is InChI=1S/C29H31N3O5S/c1-4-6-12-24-26(31(5-2)21-10-8-7-9-11-21)27(34)28(29(35)30-24)38(36,37)23-16-14-22(15-17-23)32-19-20(3)13-18-25(32)33/h7-11,13-19H,4-6,12H2,1-3H3,(H2,30,34,35). The van der Waals surface area contributed by atoms with E-state index in [1.807, 2.05) is 51.1 Å². The monoisotopic (exact) mass is 533 g/mol. The van der Waals surface area contributed by atoms with Crippen LogP contribution in [-0.2, 0) is 16.3 Å². The van der Waals surface area contributed by atoms with Gasteiger partial charge in [-0.2, -0.15) is 0 Å². The molecule has 0 spiro atoms. The Morgan fingerprint density at radius 1 is 0.947 bits per heavy atom. The first-order valence-corrected chi connectivity index (χ1v) is 14.0. The van der Waals surface area contributed by atoms with Gasteiger partial charge in [0.25, 0.3) is 11.1 Å². The lowest BCUT2D eigenvalue weighted by Crippen LogP contribution is -2.25. The van der Waals surface area contributed by atoms with E-state index >= 15 is 0 Å². The van der Waals surface area contributed by atoms with Gasteiger partial charge in [-0.15, -0.1) is 0 Å². The van der Waals surface area contributed by atoms with E-state index in [-0.39, 0.29) is 16.1 Å². The van der Waals surface area contributed by atoms with Gasteiger partial charge < -0.3 is 15.0 Å². The van der Waals surface area contributed by atoms with Crippen molar-refractivity contribution in [2.45, 2.75) is 49.8 Å². The molecule has 0 aliphatic carbocycles. The van der Waals surface area contributed by atoms with Crippen molar-refractivity contribution in [1.29, 1.82) is 0 Å². The number of pyridine rings is 2. The molecule has 2 heterocycles. The average molecular weight is 534 g/mol. The second-order valence-corrected chi connectivity index (χ2v) is 10.9. The molecular weight excluding hydrogens is 502 g/mol. The summed E-state index contributed by atoms with van der Waals surface area (Å²) in [7, 11) is -4.41. The lowest BCUT2D eigenvalue weighted by Gasteiger charge is -2.27. The van der Waals surface area contributed by atoms with E-state index in [9.17, 15) is 23.1 Å². The molecule has 0 radical (unpaired) electrons. The van der Waals surface area contributed by atoms with Crippen LogP contribution in [-0.4, -0.2) is 29.6 Å². The van der Waals surface area contributed by atoms with Crippen molar-refractivity contribution in [2.75, 3.05) is 11.4 Å². The summed E-state index contributed by atoms with van der Waals surface area (Å²) in [4.78, 5) is 29.1. The first kappa shape index (κ1) is 26.9. The van der Waals surface area contributed by atoms with Crippen molar-refractivity contribution in [1.82, 2.24) is 9.55 Å². The van der Waals surface area contributed by atoms with Crippen LogP contribution in [0.3, 0.4) is 0 Å². The van der Waals surface area contributed by atoms with E-state index in [1.54, 1.807) is 17.2 Å². The molecule has 0 aliphatic rings. The number of para-hydroxylation sites is 1.